The minimum absolute atomic E-state index is 0.669. The molecule has 0 aliphatic carbocycles. The minimum Gasteiger partial charge on any atom is -0.398 e. The molecule has 84 valence electrons. The standard InChI is InChI=1S/C12H14ClN3/c1-2-12-15-5-6-16(12)8-9-3-4-10(13)7-11(9)14/h3-7H,2,8,14H2,1H3. The minimum atomic E-state index is 0.669. The van der Waals surface area contributed by atoms with E-state index in [1.54, 1.807) is 6.07 Å². The van der Waals surface area contributed by atoms with Crippen LogP contribution in [0.25, 0.3) is 0 Å². The molecule has 0 aliphatic heterocycles. The van der Waals surface area contributed by atoms with Gasteiger partial charge in [-0.3, -0.25) is 0 Å². The predicted molar refractivity (Wildman–Crippen MR) is 66.6 cm³/mol. The lowest BCUT2D eigenvalue weighted by molar-refractivity contribution is 0.733. The summed E-state index contributed by atoms with van der Waals surface area (Å²) in [5.74, 6) is 1.06. The SMILES string of the molecule is CCc1nccn1Cc1ccc(Cl)cc1N. The van der Waals surface area contributed by atoms with Gasteiger partial charge < -0.3 is 10.3 Å². The second kappa shape index (κ2) is 4.58. The normalized spacial score (nSPS) is 10.6. The highest BCUT2D eigenvalue weighted by Crippen LogP contribution is 2.19. The molecule has 2 rings (SSSR count). The molecule has 1 aromatic carbocycles. The third-order valence-electron chi connectivity index (χ3n) is 2.57. The number of benzene rings is 1. The Balaban J connectivity index is 2.27. The average molecular weight is 236 g/mol. The number of anilines is 1. The van der Waals surface area contributed by atoms with Crippen molar-refractivity contribution in [1.82, 2.24) is 9.55 Å². The van der Waals surface area contributed by atoms with E-state index in [1.165, 1.54) is 0 Å². The first-order valence-electron chi connectivity index (χ1n) is 5.24. The highest BCUT2D eigenvalue weighted by Gasteiger charge is 2.04. The predicted octanol–water partition coefficient (Wildman–Crippen LogP) is 2.73. The second-order valence-electron chi connectivity index (χ2n) is 3.67. The monoisotopic (exact) mass is 235 g/mol. The average Bonchev–Trinajstić information content (AvgIpc) is 2.69. The van der Waals surface area contributed by atoms with E-state index in [9.17, 15) is 0 Å². The fourth-order valence-corrected chi connectivity index (χ4v) is 1.87. The molecule has 2 N–H and O–H groups in total. The molecule has 2 aromatic rings. The fourth-order valence-electron chi connectivity index (χ4n) is 1.69. The third-order valence-corrected chi connectivity index (χ3v) is 2.80. The zero-order valence-electron chi connectivity index (χ0n) is 9.15. The van der Waals surface area contributed by atoms with Crippen LogP contribution in [0, 0.1) is 0 Å². The Labute approximate surface area is 99.9 Å². The van der Waals surface area contributed by atoms with Gasteiger partial charge in [0.2, 0.25) is 0 Å². The van der Waals surface area contributed by atoms with Gasteiger partial charge in [0, 0.05) is 29.5 Å². The first-order chi connectivity index (χ1) is 7.70. The molecule has 0 unspecified atom stereocenters. The van der Waals surface area contributed by atoms with Gasteiger partial charge in [-0.1, -0.05) is 24.6 Å². The maximum absolute atomic E-state index is 5.91. The quantitative estimate of drug-likeness (QED) is 0.832. The molecule has 0 fully saturated rings. The molecule has 0 amide bonds. The molecule has 3 nitrogen and oxygen atoms in total. The van der Waals surface area contributed by atoms with Crippen molar-refractivity contribution in [1.29, 1.82) is 0 Å². The van der Waals surface area contributed by atoms with Gasteiger partial charge in [-0.15, -0.1) is 0 Å². The highest BCUT2D eigenvalue weighted by atomic mass is 35.5. The number of hydrogen-bond acceptors (Lipinski definition) is 2. The number of nitrogens with zero attached hydrogens (tertiary/aromatic N) is 2. The first-order valence-corrected chi connectivity index (χ1v) is 5.62. The smallest absolute Gasteiger partial charge is 0.108 e. The summed E-state index contributed by atoms with van der Waals surface area (Å²) in [4.78, 5) is 4.27. The highest BCUT2D eigenvalue weighted by molar-refractivity contribution is 6.30. The van der Waals surface area contributed by atoms with Crippen LogP contribution in [-0.2, 0) is 13.0 Å². The van der Waals surface area contributed by atoms with Gasteiger partial charge in [0.15, 0.2) is 0 Å². The molecule has 4 heteroatoms. The maximum Gasteiger partial charge on any atom is 0.108 e. The molecule has 0 bridgehead atoms. The Bertz CT molecular complexity index is 491. The van der Waals surface area contributed by atoms with Gasteiger partial charge in [-0.25, -0.2) is 4.98 Å². The summed E-state index contributed by atoms with van der Waals surface area (Å²) in [5, 5.41) is 0.669. The van der Waals surface area contributed by atoms with Crippen LogP contribution in [0.3, 0.4) is 0 Å². The number of rotatable bonds is 3. The van der Waals surface area contributed by atoms with E-state index in [0.717, 1.165) is 30.0 Å². The van der Waals surface area contributed by atoms with Gasteiger partial charge in [-0.05, 0) is 17.7 Å². The van der Waals surface area contributed by atoms with Crippen LogP contribution in [0.15, 0.2) is 30.6 Å². The summed E-state index contributed by atoms with van der Waals surface area (Å²) in [6.07, 6.45) is 4.69. The Hall–Kier alpha value is -1.48. The van der Waals surface area contributed by atoms with Gasteiger partial charge in [0.1, 0.15) is 5.82 Å². The summed E-state index contributed by atoms with van der Waals surface area (Å²) in [6, 6.07) is 5.59. The summed E-state index contributed by atoms with van der Waals surface area (Å²) in [7, 11) is 0. The molecule has 0 aliphatic rings. The zero-order chi connectivity index (χ0) is 11.5. The Morgan fingerprint density at radius 1 is 1.44 bits per heavy atom. The largest absolute Gasteiger partial charge is 0.398 e. The second-order valence-corrected chi connectivity index (χ2v) is 4.10. The van der Waals surface area contributed by atoms with Gasteiger partial charge >= 0.3 is 0 Å². The Morgan fingerprint density at radius 3 is 2.94 bits per heavy atom. The number of imidazole rings is 1. The molecular formula is C12H14ClN3. The topological polar surface area (TPSA) is 43.8 Å². The van der Waals surface area contributed by atoms with Crippen molar-refractivity contribution >= 4 is 17.3 Å². The number of nitrogens with two attached hydrogens (primary N) is 1. The van der Waals surface area contributed by atoms with Crippen LogP contribution in [0.5, 0.6) is 0 Å². The van der Waals surface area contributed by atoms with Gasteiger partial charge in [0.25, 0.3) is 0 Å². The van der Waals surface area contributed by atoms with Crippen molar-refractivity contribution in [2.45, 2.75) is 19.9 Å². The Kier molecular flexibility index (Phi) is 3.15. The molecule has 0 spiro atoms. The van der Waals surface area contributed by atoms with Crippen LogP contribution in [0.2, 0.25) is 5.02 Å². The number of hydrogen-bond donors (Lipinski definition) is 1. The van der Waals surface area contributed by atoms with Crippen molar-refractivity contribution in [2.75, 3.05) is 5.73 Å². The molecule has 0 saturated carbocycles. The van der Waals surface area contributed by atoms with Crippen molar-refractivity contribution in [3.8, 4) is 0 Å². The van der Waals surface area contributed by atoms with Gasteiger partial charge in [-0.2, -0.15) is 0 Å². The maximum atomic E-state index is 5.91. The van der Waals surface area contributed by atoms with Crippen LogP contribution in [-0.4, -0.2) is 9.55 Å². The van der Waals surface area contributed by atoms with E-state index >= 15 is 0 Å². The third kappa shape index (κ3) is 2.19. The number of halogens is 1. The van der Waals surface area contributed by atoms with E-state index < -0.39 is 0 Å². The number of aryl methyl sites for hydroxylation is 1. The van der Waals surface area contributed by atoms with Crippen molar-refractivity contribution in [2.24, 2.45) is 0 Å². The lowest BCUT2D eigenvalue weighted by atomic mass is 10.2. The van der Waals surface area contributed by atoms with E-state index in [-0.39, 0.29) is 0 Å². The molecule has 16 heavy (non-hydrogen) atoms. The van der Waals surface area contributed by atoms with E-state index in [4.69, 9.17) is 17.3 Å². The molecule has 0 radical (unpaired) electrons. The summed E-state index contributed by atoms with van der Waals surface area (Å²) >= 11 is 5.86. The Morgan fingerprint density at radius 2 is 2.25 bits per heavy atom. The number of aromatic nitrogens is 2. The summed E-state index contributed by atoms with van der Waals surface area (Å²) in [6.45, 7) is 2.83. The number of nitrogen functional groups attached to an aromatic ring is 1. The van der Waals surface area contributed by atoms with E-state index in [2.05, 4.69) is 16.5 Å². The fraction of sp³-hybridized carbons (Fsp3) is 0.250. The van der Waals surface area contributed by atoms with Crippen molar-refractivity contribution in [3.63, 3.8) is 0 Å². The van der Waals surface area contributed by atoms with E-state index in [1.807, 2.05) is 24.5 Å². The lowest BCUT2D eigenvalue weighted by Gasteiger charge is -2.09. The molecule has 1 aromatic heterocycles. The summed E-state index contributed by atoms with van der Waals surface area (Å²) in [5.41, 5.74) is 7.70. The molecule has 0 atom stereocenters. The lowest BCUT2D eigenvalue weighted by Crippen LogP contribution is -2.05. The van der Waals surface area contributed by atoms with Crippen LogP contribution >= 0.6 is 11.6 Å². The van der Waals surface area contributed by atoms with Crippen LogP contribution in [0.1, 0.15) is 18.3 Å². The molecule has 0 saturated heterocycles. The van der Waals surface area contributed by atoms with Crippen molar-refractivity contribution in [3.05, 3.63) is 47.0 Å². The zero-order valence-corrected chi connectivity index (χ0v) is 9.91. The summed E-state index contributed by atoms with van der Waals surface area (Å²) < 4.78 is 2.10. The van der Waals surface area contributed by atoms with E-state index in [0.29, 0.717) is 5.02 Å². The van der Waals surface area contributed by atoms with Crippen LogP contribution < -0.4 is 5.73 Å². The van der Waals surface area contributed by atoms with Crippen molar-refractivity contribution < 1.29 is 0 Å². The first kappa shape index (κ1) is 11.0. The van der Waals surface area contributed by atoms with Crippen LogP contribution in [0.4, 0.5) is 5.69 Å². The molecular weight excluding hydrogens is 222 g/mol. The van der Waals surface area contributed by atoms with Gasteiger partial charge in [0.05, 0.1) is 6.54 Å². The molecule has 1 heterocycles.